The maximum absolute atomic E-state index is 5.35. The molecule has 0 bridgehead atoms. The number of nitrogens with zero attached hydrogens (tertiary/aromatic N) is 2. The van der Waals surface area contributed by atoms with Crippen molar-refractivity contribution in [3.8, 4) is 0 Å². The molecule has 0 spiro atoms. The summed E-state index contributed by atoms with van der Waals surface area (Å²) in [6.45, 7) is 0.719. The van der Waals surface area contributed by atoms with Gasteiger partial charge in [-0.2, -0.15) is 4.98 Å². The maximum atomic E-state index is 5.35. The van der Waals surface area contributed by atoms with Gasteiger partial charge in [-0.1, -0.05) is 23.4 Å². The number of hydrogen-bond acceptors (Lipinski definition) is 5. The number of hydrogen-bond donors (Lipinski definition) is 1. The molecule has 0 fully saturated rings. The average Bonchev–Trinajstić information content (AvgIpc) is 3.04. The van der Waals surface area contributed by atoms with Gasteiger partial charge in [0.25, 0.3) is 0 Å². The molecule has 2 heterocycles. The molecule has 100 valence electrons. The standard InChI is InChI=1S/C14H17N3O2/c1-18-8-4-7-13-16-14(19-17-13)12-9-10-5-2-3-6-11(10)15-12/h2-3,5-6,12,15H,4,7-9H2,1H3/t12-/m0/s1. The number of para-hydroxylation sites is 1. The van der Waals surface area contributed by atoms with Crippen molar-refractivity contribution in [3.05, 3.63) is 41.5 Å². The van der Waals surface area contributed by atoms with Crippen molar-refractivity contribution < 1.29 is 9.26 Å². The van der Waals surface area contributed by atoms with Gasteiger partial charge in [0.05, 0.1) is 0 Å². The summed E-state index contributed by atoms with van der Waals surface area (Å²) in [6, 6.07) is 8.37. The highest BCUT2D eigenvalue weighted by Crippen LogP contribution is 2.32. The molecule has 3 rings (SSSR count). The summed E-state index contributed by atoms with van der Waals surface area (Å²) in [6.07, 6.45) is 2.60. The first-order valence-corrected chi connectivity index (χ1v) is 6.52. The summed E-state index contributed by atoms with van der Waals surface area (Å²) in [5, 5.41) is 7.42. The van der Waals surface area contributed by atoms with Crippen LogP contribution < -0.4 is 5.32 Å². The number of anilines is 1. The number of methoxy groups -OCH3 is 1. The van der Waals surface area contributed by atoms with Crippen molar-refractivity contribution in [3.63, 3.8) is 0 Å². The van der Waals surface area contributed by atoms with Crippen LogP contribution in [0.1, 0.15) is 29.7 Å². The van der Waals surface area contributed by atoms with Crippen LogP contribution in [0.5, 0.6) is 0 Å². The van der Waals surface area contributed by atoms with E-state index in [1.807, 2.05) is 12.1 Å². The molecule has 1 N–H and O–H groups in total. The first-order chi connectivity index (χ1) is 9.36. The molecule has 0 saturated heterocycles. The van der Waals surface area contributed by atoms with Crippen LogP contribution in [0.25, 0.3) is 0 Å². The molecule has 2 aromatic rings. The molecule has 1 aliphatic rings. The first-order valence-electron chi connectivity index (χ1n) is 6.52. The highest BCUT2D eigenvalue weighted by Gasteiger charge is 2.26. The number of ether oxygens (including phenoxy) is 1. The lowest BCUT2D eigenvalue weighted by atomic mass is 10.1. The Balaban J connectivity index is 1.65. The van der Waals surface area contributed by atoms with Gasteiger partial charge in [-0.15, -0.1) is 0 Å². The van der Waals surface area contributed by atoms with E-state index in [0.29, 0.717) is 5.89 Å². The van der Waals surface area contributed by atoms with E-state index >= 15 is 0 Å². The van der Waals surface area contributed by atoms with Crippen LogP contribution in [0.15, 0.2) is 28.8 Å². The second-order valence-corrected chi connectivity index (χ2v) is 4.70. The minimum absolute atomic E-state index is 0.0982. The zero-order valence-corrected chi connectivity index (χ0v) is 10.9. The molecule has 1 atom stereocenters. The summed E-state index contributed by atoms with van der Waals surface area (Å²) in [7, 11) is 1.70. The average molecular weight is 259 g/mol. The Morgan fingerprint density at radius 3 is 3.16 bits per heavy atom. The largest absolute Gasteiger partial charge is 0.385 e. The maximum Gasteiger partial charge on any atom is 0.249 e. The van der Waals surface area contributed by atoms with E-state index in [0.717, 1.165) is 37.4 Å². The fourth-order valence-corrected chi connectivity index (χ4v) is 2.33. The van der Waals surface area contributed by atoms with Gasteiger partial charge in [-0.05, 0) is 18.1 Å². The Bertz CT molecular complexity index is 528. The molecular weight excluding hydrogens is 242 g/mol. The van der Waals surface area contributed by atoms with Crippen molar-refractivity contribution >= 4 is 5.69 Å². The normalized spacial score (nSPS) is 17.2. The lowest BCUT2D eigenvalue weighted by Crippen LogP contribution is -2.06. The molecule has 1 aliphatic heterocycles. The highest BCUT2D eigenvalue weighted by atomic mass is 16.5. The summed E-state index contributed by atoms with van der Waals surface area (Å²) in [5.41, 5.74) is 2.46. The van der Waals surface area contributed by atoms with Gasteiger partial charge in [-0.25, -0.2) is 0 Å². The minimum Gasteiger partial charge on any atom is -0.385 e. The van der Waals surface area contributed by atoms with Crippen molar-refractivity contribution in [2.75, 3.05) is 19.0 Å². The van der Waals surface area contributed by atoms with Crippen LogP contribution in [0, 0.1) is 0 Å². The van der Waals surface area contributed by atoms with Crippen LogP contribution in [-0.2, 0) is 17.6 Å². The number of benzene rings is 1. The second-order valence-electron chi connectivity index (χ2n) is 4.70. The third kappa shape index (κ3) is 2.61. The van der Waals surface area contributed by atoms with Gasteiger partial charge in [0.15, 0.2) is 5.82 Å². The van der Waals surface area contributed by atoms with E-state index in [1.165, 1.54) is 5.56 Å². The second kappa shape index (κ2) is 5.40. The predicted octanol–water partition coefficient (Wildman–Crippen LogP) is 2.36. The molecule has 0 saturated carbocycles. The third-order valence-electron chi connectivity index (χ3n) is 3.30. The lowest BCUT2D eigenvalue weighted by molar-refractivity contribution is 0.194. The topological polar surface area (TPSA) is 60.2 Å². The van der Waals surface area contributed by atoms with Crippen molar-refractivity contribution in [2.45, 2.75) is 25.3 Å². The Labute approximate surface area is 112 Å². The molecule has 19 heavy (non-hydrogen) atoms. The summed E-state index contributed by atoms with van der Waals surface area (Å²) < 4.78 is 10.4. The SMILES string of the molecule is COCCCc1noc([C@@H]2Cc3ccccc3N2)n1. The van der Waals surface area contributed by atoms with Crippen molar-refractivity contribution in [1.29, 1.82) is 0 Å². The van der Waals surface area contributed by atoms with Crippen LogP contribution in [0.2, 0.25) is 0 Å². The number of aryl methyl sites for hydroxylation is 1. The van der Waals surface area contributed by atoms with E-state index < -0.39 is 0 Å². The monoisotopic (exact) mass is 259 g/mol. The molecule has 5 heteroatoms. The quantitative estimate of drug-likeness (QED) is 0.835. The number of fused-ring (bicyclic) bond motifs is 1. The molecular formula is C14H17N3O2. The van der Waals surface area contributed by atoms with Crippen LogP contribution in [-0.4, -0.2) is 23.9 Å². The Hall–Kier alpha value is -1.88. The fraction of sp³-hybridized carbons (Fsp3) is 0.429. The zero-order chi connectivity index (χ0) is 13.1. The van der Waals surface area contributed by atoms with Gasteiger partial charge in [-0.3, -0.25) is 0 Å². The summed E-state index contributed by atoms with van der Waals surface area (Å²) >= 11 is 0. The van der Waals surface area contributed by atoms with Crippen LogP contribution in [0.3, 0.4) is 0 Å². The van der Waals surface area contributed by atoms with Crippen LogP contribution in [0.4, 0.5) is 5.69 Å². The Kier molecular flexibility index (Phi) is 3.46. The van der Waals surface area contributed by atoms with Crippen molar-refractivity contribution in [1.82, 2.24) is 10.1 Å². The van der Waals surface area contributed by atoms with Crippen LogP contribution >= 0.6 is 0 Å². The third-order valence-corrected chi connectivity index (χ3v) is 3.30. The smallest absolute Gasteiger partial charge is 0.249 e. The molecule has 1 aromatic heterocycles. The highest BCUT2D eigenvalue weighted by molar-refractivity contribution is 5.56. The molecule has 0 amide bonds. The minimum atomic E-state index is 0.0982. The zero-order valence-electron chi connectivity index (χ0n) is 10.9. The van der Waals surface area contributed by atoms with Gasteiger partial charge in [0.1, 0.15) is 6.04 Å². The number of nitrogens with one attached hydrogen (secondary N) is 1. The number of aromatic nitrogens is 2. The molecule has 0 radical (unpaired) electrons. The summed E-state index contributed by atoms with van der Waals surface area (Å²) in [5.74, 6) is 1.42. The lowest BCUT2D eigenvalue weighted by Gasteiger charge is -2.04. The van der Waals surface area contributed by atoms with Gasteiger partial charge < -0.3 is 14.6 Å². The Morgan fingerprint density at radius 2 is 2.32 bits per heavy atom. The fourth-order valence-electron chi connectivity index (χ4n) is 2.33. The first kappa shape index (κ1) is 12.2. The van der Waals surface area contributed by atoms with Gasteiger partial charge in [0, 0.05) is 32.2 Å². The predicted molar refractivity (Wildman–Crippen MR) is 71.0 cm³/mol. The van der Waals surface area contributed by atoms with E-state index in [-0.39, 0.29) is 6.04 Å². The van der Waals surface area contributed by atoms with E-state index in [2.05, 4.69) is 27.6 Å². The molecule has 1 aromatic carbocycles. The number of rotatable bonds is 5. The van der Waals surface area contributed by atoms with Gasteiger partial charge >= 0.3 is 0 Å². The Morgan fingerprint density at radius 1 is 1.42 bits per heavy atom. The molecule has 0 unspecified atom stereocenters. The van der Waals surface area contributed by atoms with Crippen molar-refractivity contribution in [2.24, 2.45) is 0 Å². The van der Waals surface area contributed by atoms with E-state index in [9.17, 15) is 0 Å². The van der Waals surface area contributed by atoms with Gasteiger partial charge in [0.2, 0.25) is 5.89 Å². The molecule has 0 aliphatic carbocycles. The molecule has 5 nitrogen and oxygen atoms in total. The van der Waals surface area contributed by atoms with E-state index in [4.69, 9.17) is 9.26 Å². The van der Waals surface area contributed by atoms with E-state index in [1.54, 1.807) is 7.11 Å². The summed E-state index contributed by atoms with van der Waals surface area (Å²) in [4.78, 5) is 4.45.